The number of hydrogen-bond donors (Lipinski definition) is 2. The summed E-state index contributed by atoms with van der Waals surface area (Å²) in [6.07, 6.45) is 1.48. The van der Waals surface area contributed by atoms with Crippen molar-refractivity contribution in [3.8, 4) is 0 Å². The Labute approximate surface area is 84.0 Å². The summed E-state index contributed by atoms with van der Waals surface area (Å²) in [5.74, 6) is 0. The first kappa shape index (κ1) is 13.1. The molecule has 0 saturated heterocycles. The molecule has 5 heteroatoms. The molecule has 2 N–H and O–H groups in total. The Hall–Kier alpha value is -0.910. The molecule has 1 aromatic rings. The molecule has 0 heterocycles. The highest BCUT2D eigenvalue weighted by molar-refractivity contribution is 7.85. The molecule has 0 aliphatic heterocycles. The fourth-order valence-corrected chi connectivity index (χ4v) is 0.774. The average molecular weight is 218 g/mol. The highest BCUT2D eigenvalue weighted by Gasteiger charge is 1.85. The Morgan fingerprint density at radius 3 is 2.00 bits per heavy atom. The van der Waals surface area contributed by atoms with Gasteiger partial charge in [-0.25, -0.2) is 0 Å². The normalized spacial score (nSPS) is 10.2. The molecule has 0 aliphatic carbocycles. The highest BCUT2D eigenvalue weighted by atomic mass is 32.2. The lowest BCUT2D eigenvalue weighted by Gasteiger charge is -1.93. The minimum absolute atomic E-state index is 0.240. The largest absolute Gasteiger partial charge is 0.396 e. The smallest absolute Gasteiger partial charge is 0.261 e. The van der Waals surface area contributed by atoms with Crippen molar-refractivity contribution in [2.75, 3.05) is 12.9 Å². The second-order valence-electron chi connectivity index (χ2n) is 2.69. The van der Waals surface area contributed by atoms with Gasteiger partial charge in [-0.15, -0.1) is 0 Å². The third-order valence-electron chi connectivity index (χ3n) is 1.24. The van der Waals surface area contributed by atoms with Crippen molar-refractivity contribution in [3.05, 3.63) is 35.9 Å². The molecule has 1 rings (SSSR count). The van der Waals surface area contributed by atoms with E-state index in [4.69, 9.17) is 9.66 Å². The van der Waals surface area contributed by atoms with Gasteiger partial charge in [0.25, 0.3) is 10.1 Å². The van der Waals surface area contributed by atoms with E-state index in [0.717, 1.165) is 6.42 Å². The van der Waals surface area contributed by atoms with E-state index in [0.29, 0.717) is 6.26 Å². The molecule has 0 amide bonds. The van der Waals surface area contributed by atoms with Gasteiger partial charge in [0.15, 0.2) is 0 Å². The molecule has 0 bridgehead atoms. The molecule has 0 spiro atoms. The standard InChI is InChI=1S/C8H10O.CH4O3S/c9-7-6-8-4-2-1-3-5-8;1-5(2,3)4/h1-5,9H,6-7H2;1H3,(H,2,3,4). The lowest BCUT2D eigenvalue weighted by Crippen LogP contribution is -1.88. The highest BCUT2D eigenvalue weighted by Crippen LogP contribution is 1.97. The van der Waals surface area contributed by atoms with Crippen molar-refractivity contribution in [1.82, 2.24) is 0 Å². The van der Waals surface area contributed by atoms with Crippen LogP contribution >= 0.6 is 0 Å². The van der Waals surface area contributed by atoms with Gasteiger partial charge < -0.3 is 5.11 Å². The van der Waals surface area contributed by atoms with Crippen molar-refractivity contribution < 1.29 is 18.1 Å². The van der Waals surface area contributed by atoms with Crippen molar-refractivity contribution >= 4 is 10.1 Å². The van der Waals surface area contributed by atoms with Crippen LogP contribution in [-0.4, -0.2) is 30.9 Å². The van der Waals surface area contributed by atoms with Gasteiger partial charge in [0.1, 0.15) is 0 Å². The van der Waals surface area contributed by atoms with E-state index < -0.39 is 10.1 Å². The molecule has 0 saturated carbocycles. The Morgan fingerprint density at radius 1 is 1.21 bits per heavy atom. The first-order chi connectivity index (χ1) is 6.43. The van der Waals surface area contributed by atoms with E-state index in [1.165, 1.54) is 5.56 Å². The minimum Gasteiger partial charge on any atom is -0.396 e. The predicted molar refractivity (Wildman–Crippen MR) is 54.7 cm³/mol. The number of aliphatic hydroxyl groups is 1. The van der Waals surface area contributed by atoms with E-state index in [2.05, 4.69) is 0 Å². The van der Waals surface area contributed by atoms with E-state index in [1.54, 1.807) is 0 Å². The van der Waals surface area contributed by atoms with Crippen molar-refractivity contribution in [2.45, 2.75) is 6.42 Å². The fourth-order valence-electron chi connectivity index (χ4n) is 0.774. The molecule has 0 radical (unpaired) electrons. The first-order valence-electron chi connectivity index (χ1n) is 4.00. The summed E-state index contributed by atoms with van der Waals surface area (Å²) in [7, 11) is -3.67. The van der Waals surface area contributed by atoms with Crippen LogP contribution in [0.3, 0.4) is 0 Å². The maximum absolute atomic E-state index is 9.19. The summed E-state index contributed by atoms with van der Waals surface area (Å²) in [6.45, 7) is 0.240. The average Bonchev–Trinajstić information content (AvgIpc) is 2.03. The number of hydrogen-bond acceptors (Lipinski definition) is 3. The summed E-state index contributed by atoms with van der Waals surface area (Å²) in [6, 6.07) is 9.95. The first-order valence-corrected chi connectivity index (χ1v) is 5.85. The second-order valence-corrected chi connectivity index (χ2v) is 4.16. The summed E-state index contributed by atoms with van der Waals surface area (Å²) < 4.78 is 25.9. The third-order valence-corrected chi connectivity index (χ3v) is 1.24. The number of aliphatic hydroxyl groups excluding tert-OH is 1. The third kappa shape index (κ3) is 11.1. The van der Waals surface area contributed by atoms with Gasteiger partial charge in [0, 0.05) is 6.61 Å². The van der Waals surface area contributed by atoms with E-state index in [9.17, 15) is 8.42 Å². The van der Waals surface area contributed by atoms with Crippen LogP contribution in [0.1, 0.15) is 5.56 Å². The van der Waals surface area contributed by atoms with Crippen LogP contribution in [0.15, 0.2) is 30.3 Å². The summed E-state index contributed by atoms with van der Waals surface area (Å²) in [5, 5.41) is 8.52. The topological polar surface area (TPSA) is 74.6 Å². The maximum Gasteiger partial charge on any atom is 0.261 e. The van der Waals surface area contributed by atoms with Crippen molar-refractivity contribution in [3.63, 3.8) is 0 Å². The zero-order chi connectivity index (χ0) is 11.0. The van der Waals surface area contributed by atoms with Crippen LogP contribution in [0, 0.1) is 0 Å². The molecule has 0 aliphatic rings. The molecule has 80 valence electrons. The van der Waals surface area contributed by atoms with Gasteiger partial charge in [-0.3, -0.25) is 4.55 Å². The minimum atomic E-state index is -3.67. The van der Waals surface area contributed by atoms with Gasteiger partial charge in [0.05, 0.1) is 6.26 Å². The maximum atomic E-state index is 9.19. The van der Waals surface area contributed by atoms with E-state index in [1.807, 2.05) is 30.3 Å². The molecule has 1 aromatic carbocycles. The van der Waals surface area contributed by atoms with Gasteiger partial charge in [-0.2, -0.15) is 8.42 Å². The van der Waals surface area contributed by atoms with Crippen LogP contribution in [0.25, 0.3) is 0 Å². The van der Waals surface area contributed by atoms with Crippen LogP contribution < -0.4 is 0 Å². The quantitative estimate of drug-likeness (QED) is 0.717. The van der Waals surface area contributed by atoms with Crippen molar-refractivity contribution in [2.24, 2.45) is 0 Å². The number of rotatable bonds is 2. The molecular weight excluding hydrogens is 204 g/mol. The van der Waals surface area contributed by atoms with Gasteiger partial charge in [-0.1, -0.05) is 30.3 Å². The van der Waals surface area contributed by atoms with E-state index in [-0.39, 0.29) is 6.61 Å². The Kier molecular flexibility index (Phi) is 6.11. The monoisotopic (exact) mass is 218 g/mol. The van der Waals surface area contributed by atoms with Crippen LogP contribution in [0.2, 0.25) is 0 Å². The Balaban J connectivity index is 0.000000292. The van der Waals surface area contributed by atoms with Crippen LogP contribution in [0.4, 0.5) is 0 Å². The molecule has 0 unspecified atom stereocenters. The lowest BCUT2D eigenvalue weighted by atomic mass is 10.2. The van der Waals surface area contributed by atoms with Crippen LogP contribution in [0.5, 0.6) is 0 Å². The summed E-state index contributed by atoms with van der Waals surface area (Å²) in [4.78, 5) is 0. The van der Waals surface area contributed by atoms with Gasteiger partial charge in [0.2, 0.25) is 0 Å². The van der Waals surface area contributed by atoms with Gasteiger partial charge in [-0.05, 0) is 12.0 Å². The van der Waals surface area contributed by atoms with Crippen molar-refractivity contribution in [1.29, 1.82) is 0 Å². The Morgan fingerprint density at radius 2 is 1.64 bits per heavy atom. The second kappa shape index (κ2) is 6.53. The zero-order valence-electron chi connectivity index (χ0n) is 7.92. The molecule has 14 heavy (non-hydrogen) atoms. The summed E-state index contributed by atoms with van der Waals surface area (Å²) in [5.41, 5.74) is 1.19. The molecule has 0 aromatic heterocycles. The summed E-state index contributed by atoms with van der Waals surface area (Å²) >= 11 is 0. The molecule has 4 nitrogen and oxygen atoms in total. The zero-order valence-corrected chi connectivity index (χ0v) is 8.74. The fraction of sp³-hybridized carbons (Fsp3) is 0.333. The Bertz CT molecular complexity index is 323. The molecule has 0 atom stereocenters. The predicted octanol–water partition coefficient (Wildman–Crippen LogP) is 0.725. The molecule has 0 fully saturated rings. The van der Waals surface area contributed by atoms with Gasteiger partial charge >= 0.3 is 0 Å². The van der Waals surface area contributed by atoms with Crippen LogP contribution in [-0.2, 0) is 16.5 Å². The molecular formula is C9H14O4S. The SMILES string of the molecule is CS(=O)(=O)O.OCCc1ccccc1. The van der Waals surface area contributed by atoms with E-state index >= 15 is 0 Å². The lowest BCUT2D eigenvalue weighted by molar-refractivity contribution is 0.299. The number of benzene rings is 1.